The maximum absolute atomic E-state index is 12.9. The van der Waals surface area contributed by atoms with Gasteiger partial charge in [0.2, 0.25) is 11.2 Å². The number of pyridine rings is 1. The average Bonchev–Trinajstić information content (AvgIpc) is 3.45. The van der Waals surface area contributed by atoms with Crippen LogP contribution >= 0.6 is 0 Å². The fourth-order valence-corrected chi connectivity index (χ4v) is 3.26. The van der Waals surface area contributed by atoms with Gasteiger partial charge in [-0.05, 0) is 43.7 Å². The van der Waals surface area contributed by atoms with E-state index in [2.05, 4.69) is 4.98 Å². The Morgan fingerprint density at radius 2 is 2.15 bits per heavy atom. The summed E-state index contributed by atoms with van der Waals surface area (Å²) in [6, 6.07) is 10.1. The molecule has 2 unspecified atom stereocenters. The van der Waals surface area contributed by atoms with E-state index in [0.29, 0.717) is 18.0 Å². The van der Waals surface area contributed by atoms with Gasteiger partial charge in [0.1, 0.15) is 5.58 Å². The first-order valence-electron chi connectivity index (χ1n) is 8.48. The lowest BCUT2D eigenvalue weighted by molar-refractivity contribution is 0.0697. The molecule has 132 valence electrons. The van der Waals surface area contributed by atoms with Crippen LogP contribution in [0.4, 0.5) is 0 Å². The van der Waals surface area contributed by atoms with Gasteiger partial charge in [0.05, 0.1) is 17.6 Å². The van der Waals surface area contributed by atoms with E-state index in [-0.39, 0.29) is 34.0 Å². The Labute approximate surface area is 149 Å². The Balaban J connectivity index is 1.82. The van der Waals surface area contributed by atoms with Gasteiger partial charge in [0, 0.05) is 23.7 Å². The molecule has 1 N–H and O–H groups in total. The van der Waals surface area contributed by atoms with E-state index in [0.717, 1.165) is 12.1 Å². The fraction of sp³-hybridized carbons (Fsp3) is 0.250. The predicted molar refractivity (Wildman–Crippen MR) is 94.9 cm³/mol. The molecule has 1 fully saturated rings. The SMILES string of the molecule is CCOc1c(C2CC2c2ccccn2)oc2ccc(C(=O)O)cc2c1=O. The maximum atomic E-state index is 12.9. The number of carbonyl (C=O) groups is 1. The minimum atomic E-state index is -1.09. The van der Waals surface area contributed by atoms with Crippen LogP contribution in [0.2, 0.25) is 0 Å². The van der Waals surface area contributed by atoms with Gasteiger partial charge < -0.3 is 14.3 Å². The van der Waals surface area contributed by atoms with Crippen LogP contribution in [0.25, 0.3) is 11.0 Å². The Morgan fingerprint density at radius 3 is 2.85 bits per heavy atom. The molecule has 2 atom stereocenters. The summed E-state index contributed by atoms with van der Waals surface area (Å²) in [5.74, 6) is -0.184. The van der Waals surface area contributed by atoms with Gasteiger partial charge in [-0.1, -0.05) is 6.07 Å². The molecule has 0 radical (unpaired) electrons. The molecule has 1 aliphatic carbocycles. The highest BCUT2D eigenvalue weighted by Crippen LogP contribution is 2.56. The van der Waals surface area contributed by atoms with Crippen LogP contribution in [0.1, 0.15) is 47.0 Å². The zero-order valence-corrected chi connectivity index (χ0v) is 14.1. The zero-order valence-electron chi connectivity index (χ0n) is 14.1. The minimum absolute atomic E-state index is 0.0303. The largest absolute Gasteiger partial charge is 0.487 e. The van der Waals surface area contributed by atoms with Crippen LogP contribution in [0.5, 0.6) is 5.75 Å². The lowest BCUT2D eigenvalue weighted by Crippen LogP contribution is -2.12. The second-order valence-electron chi connectivity index (χ2n) is 6.28. The van der Waals surface area contributed by atoms with E-state index in [9.17, 15) is 9.59 Å². The Kier molecular flexibility index (Phi) is 3.95. The zero-order chi connectivity index (χ0) is 18.3. The van der Waals surface area contributed by atoms with Crippen molar-refractivity contribution in [1.82, 2.24) is 4.98 Å². The molecule has 0 spiro atoms. The lowest BCUT2D eigenvalue weighted by atomic mass is 10.1. The summed E-state index contributed by atoms with van der Waals surface area (Å²) >= 11 is 0. The molecule has 2 heterocycles. The van der Waals surface area contributed by atoms with Crippen molar-refractivity contribution >= 4 is 16.9 Å². The molecule has 0 bridgehead atoms. The summed E-state index contributed by atoms with van der Waals surface area (Å²) < 4.78 is 11.6. The van der Waals surface area contributed by atoms with Crippen LogP contribution < -0.4 is 10.2 Å². The molecule has 3 aromatic rings. The van der Waals surface area contributed by atoms with Gasteiger partial charge in [-0.15, -0.1) is 0 Å². The number of nitrogens with zero attached hydrogens (tertiary/aromatic N) is 1. The second-order valence-corrected chi connectivity index (χ2v) is 6.28. The van der Waals surface area contributed by atoms with Crippen molar-refractivity contribution in [2.75, 3.05) is 6.61 Å². The number of carboxylic acids is 1. The van der Waals surface area contributed by atoms with E-state index in [4.69, 9.17) is 14.3 Å². The summed E-state index contributed by atoms with van der Waals surface area (Å²) in [5.41, 5.74) is 1.03. The van der Waals surface area contributed by atoms with Gasteiger partial charge >= 0.3 is 5.97 Å². The smallest absolute Gasteiger partial charge is 0.335 e. The standard InChI is InChI=1S/C20H17NO5/c1-2-25-19-17(22)14-9-11(20(23)24)6-7-16(14)26-18(19)13-10-12(13)15-5-3-4-8-21-15/h3-9,12-13H,2,10H2,1H3,(H,23,24). The molecule has 26 heavy (non-hydrogen) atoms. The van der Waals surface area contributed by atoms with E-state index >= 15 is 0 Å². The Bertz CT molecular complexity index is 1040. The summed E-state index contributed by atoms with van der Waals surface area (Å²) in [4.78, 5) is 28.5. The Morgan fingerprint density at radius 1 is 1.31 bits per heavy atom. The number of hydrogen-bond donors (Lipinski definition) is 1. The van der Waals surface area contributed by atoms with Crippen molar-refractivity contribution in [3.63, 3.8) is 0 Å². The van der Waals surface area contributed by atoms with Crippen LogP contribution in [0.15, 0.2) is 51.8 Å². The molecule has 1 aromatic carbocycles. The number of carboxylic acid groups (broad SMARTS) is 1. The summed E-state index contributed by atoms with van der Waals surface area (Å²) in [6.07, 6.45) is 2.58. The Hall–Kier alpha value is -3.15. The first kappa shape index (κ1) is 16.3. The van der Waals surface area contributed by atoms with Crippen LogP contribution in [-0.4, -0.2) is 22.7 Å². The molecule has 0 aliphatic heterocycles. The summed E-state index contributed by atoms with van der Waals surface area (Å²) in [5, 5.41) is 9.37. The molecular weight excluding hydrogens is 334 g/mol. The van der Waals surface area contributed by atoms with Crippen LogP contribution in [0, 0.1) is 0 Å². The summed E-state index contributed by atoms with van der Waals surface area (Å²) in [7, 11) is 0. The van der Waals surface area contributed by atoms with Crippen molar-refractivity contribution < 1.29 is 19.1 Å². The molecular formula is C20H17NO5. The minimum Gasteiger partial charge on any atom is -0.487 e. The van der Waals surface area contributed by atoms with Crippen molar-refractivity contribution in [3.8, 4) is 5.75 Å². The molecule has 2 aromatic heterocycles. The molecule has 6 nitrogen and oxygen atoms in total. The van der Waals surface area contributed by atoms with Crippen LogP contribution in [0.3, 0.4) is 0 Å². The third kappa shape index (κ3) is 2.73. The molecule has 1 saturated carbocycles. The normalized spacial score (nSPS) is 18.7. The molecule has 0 saturated heterocycles. The molecule has 1 aliphatic rings. The van der Waals surface area contributed by atoms with Gasteiger partial charge in [-0.25, -0.2) is 4.79 Å². The topological polar surface area (TPSA) is 89.6 Å². The van der Waals surface area contributed by atoms with Crippen molar-refractivity contribution in [1.29, 1.82) is 0 Å². The van der Waals surface area contributed by atoms with Gasteiger partial charge in [0.25, 0.3) is 0 Å². The second kappa shape index (κ2) is 6.29. The molecule has 6 heteroatoms. The maximum Gasteiger partial charge on any atom is 0.335 e. The van der Waals surface area contributed by atoms with E-state index in [1.807, 2.05) is 18.2 Å². The highest BCUT2D eigenvalue weighted by molar-refractivity contribution is 5.93. The third-order valence-corrected chi connectivity index (χ3v) is 4.60. The average molecular weight is 351 g/mol. The fourth-order valence-electron chi connectivity index (χ4n) is 3.26. The number of benzene rings is 1. The number of aromatic nitrogens is 1. The van der Waals surface area contributed by atoms with Gasteiger partial charge in [-0.2, -0.15) is 0 Å². The lowest BCUT2D eigenvalue weighted by Gasteiger charge is -2.10. The van der Waals surface area contributed by atoms with E-state index in [1.54, 1.807) is 13.1 Å². The number of ether oxygens (including phenoxy) is 1. The number of aromatic carboxylic acids is 1. The first-order valence-corrected chi connectivity index (χ1v) is 8.48. The van der Waals surface area contributed by atoms with Crippen molar-refractivity contribution in [3.05, 3.63) is 69.8 Å². The number of hydrogen-bond acceptors (Lipinski definition) is 5. The number of rotatable bonds is 5. The molecule has 4 rings (SSSR count). The van der Waals surface area contributed by atoms with Gasteiger partial charge in [0.15, 0.2) is 5.76 Å². The molecule has 0 amide bonds. The predicted octanol–water partition coefficient (Wildman–Crippen LogP) is 3.56. The quantitative estimate of drug-likeness (QED) is 0.756. The third-order valence-electron chi connectivity index (χ3n) is 4.60. The van der Waals surface area contributed by atoms with Crippen molar-refractivity contribution in [2.24, 2.45) is 0 Å². The van der Waals surface area contributed by atoms with Crippen molar-refractivity contribution in [2.45, 2.75) is 25.2 Å². The first-order chi connectivity index (χ1) is 12.6. The van der Waals surface area contributed by atoms with Gasteiger partial charge in [-0.3, -0.25) is 9.78 Å². The number of fused-ring (bicyclic) bond motifs is 1. The summed E-state index contributed by atoms with van der Waals surface area (Å²) in [6.45, 7) is 2.12. The highest BCUT2D eigenvalue weighted by atomic mass is 16.5. The monoisotopic (exact) mass is 351 g/mol. The van der Waals surface area contributed by atoms with Crippen LogP contribution in [-0.2, 0) is 0 Å². The highest BCUT2D eigenvalue weighted by Gasteiger charge is 2.45. The van der Waals surface area contributed by atoms with E-state index < -0.39 is 5.97 Å². The van der Waals surface area contributed by atoms with E-state index in [1.165, 1.54) is 18.2 Å².